The van der Waals surface area contributed by atoms with E-state index < -0.39 is 11.9 Å². The lowest BCUT2D eigenvalue weighted by molar-refractivity contribution is -0.139. The van der Waals surface area contributed by atoms with Crippen LogP contribution in [0.4, 0.5) is 0 Å². The number of carboxylic acid groups (broad SMARTS) is 1. The van der Waals surface area contributed by atoms with Gasteiger partial charge in [0.15, 0.2) is 0 Å². The summed E-state index contributed by atoms with van der Waals surface area (Å²) in [5.41, 5.74) is 0.630. The van der Waals surface area contributed by atoms with Crippen LogP contribution in [-0.4, -0.2) is 21.3 Å². The summed E-state index contributed by atoms with van der Waals surface area (Å²) in [6.45, 7) is 1.83. The molecule has 0 aliphatic carbocycles. The van der Waals surface area contributed by atoms with Gasteiger partial charge in [-0.25, -0.2) is 0 Å². The number of halogens is 1. The topological polar surface area (TPSA) is 66.0 Å². The lowest BCUT2D eigenvalue weighted by atomic mass is 10.0. The number of aromatic amines is 1. The molecule has 0 bridgehead atoms. The predicted octanol–water partition coefficient (Wildman–Crippen LogP) is 1.75. The van der Waals surface area contributed by atoms with E-state index >= 15 is 0 Å². The molecule has 0 aliphatic heterocycles. The van der Waals surface area contributed by atoms with Crippen LogP contribution in [0.1, 0.15) is 25.0 Å². The fourth-order valence-electron chi connectivity index (χ4n) is 1.03. The molecule has 66 valence electrons. The smallest absolute Gasteiger partial charge is 0.312 e. The number of H-pyrrole nitrogens is 1. The Kier molecular flexibility index (Phi) is 2.86. The SMILES string of the molecule is CCC(C(=O)O)c1[nH]ncc1Br. The number of aromatic nitrogens is 2. The van der Waals surface area contributed by atoms with E-state index in [-0.39, 0.29) is 0 Å². The van der Waals surface area contributed by atoms with Crippen molar-refractivity contribution < 1.29 is 9.90 Å². The normalized spacial score (nSPS) is 12.8. The van der Waals surface area contributed by atoms with Crippen LogP contribution in [0.5, 0.6) is 0 Å². The molecule has 4 nitrogen and oxygen atoms in total. The third-order valence-electron chi connectivity index (χ3n) is 1.68. The minimum absolute atomic E-state index is 0.498. The first-order valence-electron chi connectivity index (χ1n) is 3.58. The Morgan fingerprint density at radius 3 is 2.92 bits per heavy atom. The van der Waals surface area contributed by atoms with Crippen LogP contribution in [0.15, 0.2) is 10.7 Å². The summed E-state index contributed by atoms with van der Waals surface area (Å²) in [5.74, 6) is -1.33. The highest BCUT2D eigenvalue weighted by Gasteiger charge is 2.21. The number of carboxylic acids is 1. The van der Waals surface area contributed by atoms with Crippen LogP contribution >= 0.6 is 15.9 Å². The Labute approximate surface area is 78.1 Å². The van der Waals surface area contributed by atoms with Crippen LogP contribution in [0.2, 0.25) is 0 Å². The molecule has 1 heterocycles. The Balaban J connectivity index is 2.94. The molecule has 0 saturated carbocycles. The molecule has 0 aromatic carbocycles. The quantitative estimate of drug-likeness (QED) is 0.835. The minimum Gasteiger partial charge on any atom is -0.481 e. The Hall–Kier alpha value is -0.840. The average molecular weight is 233 g/mol. The van der Waals surface area contributed by atoms with Gasteiger partial charge in [0.25, 0.3) is 0 Å². The lowest BCUT2D eigenvalue weighted by Gasteiger charge is -2.06. The fourth-order valence-corrected chi connectivity index (χ4v) is 1.50. The molecule has 2 N–H and O–H groups in total. The molecule has 1 atom stereocenters. The maximum Gasteiger partial charge on any atom is 0.312 e. The lowest BCUT2D eigenvalue weighted by Crippen LogP contribution is -2.11. The van der Waals surface area contributed by atoms with E-state index in [1.54, 1.807) is 6.20 Å². The van der Waals surface area contributed by atoms with Crippen LogP contribution in [0.25, 0.3) is 0 Å². The molecule has 0 spiro atoms. The number of rotatable bonds is 3. The molecule has 0 amide bonds. The maximum atomic E-state index is 10.7. The first kappa shape index (κ1) is 9.25. The summed E-state index contributed by atoms with van der Waals surface area (Å²) in [7, 11) is 0. The Morgan fingerprint density at radius 2 is 2.58 bits per heavy atom. The zero-order chi connectivity index (χ0) is 9.14. The molecule has 1 aromatic rings. The molecule has 1 aromatic heterocycles. The molecule has 1 unspecified atom stereocenters. The maximum absolute atomic E-state index is 10.7. The van der Waals surface area contributed by atoms with Gasteiger partial charge in [0.05, 0.1) is 22.3 Å². The number of hydrogen-bond donors (Lipinski definition) is 2. The highest BCUT2D eigenvalue weighted by atomic mass is 79.9. The van der Waals surface area contributed by atoms with E-state index in [0.717, 1.165) is 4.47 Å². The van der Waals surface area contributed by atoms with Gasteiger partial charge in [0, 0.05) is 0 Å². The molecule has 12 heavy (non-hydrogen) atoms. The number of carbonyl (C=O) groups is 1. The van der Waals surface area contributed by atoms with Gasteiger partial charge < -0.3 is 5.11 Å². The first-order chi connectivity index (χ1) is 5.66. The van der Waals surface area contributed by atoms with Crippen molar-refractivity contribution in [3.63, 3.8) is 0 Å². The van der Waals surface area contributed by atoms with Crippen molar-refractivity contribution in [1.82, 2.24) is 10.2 Å². The van der Waals surface area contributed by atoms with Gasteiger partial charge >= 0.3 is 5.97 Å². The Bertz CT molecular complexity index is 285. The van der Waals surface area contributed by atoms with Crippen molar-refractivity contribution in [2.45, 2.75) is 19.3 Å². The first-order valence-corrected chi connectivity index (χ1v) is 4.37. The average Bonchev–Trinajstić information content (AvgIpc) is 2.38. The fraction of sp³-hybridized carbons (Fsp3) is 0.429. The van der Waals surface area contributed by atoms with E-state index in [9.17, 15) is 4.79 Å². The zero-order valence-electron chi connectivity index (χ0n) is 6.54. The number of hydrogen-bond acceptors (Lipinski definition) is 2. The van der Waals surface area contributed by atoms with Crippen LogP contribution in [-0.2, 0) is 4.79 Å². The summed E-state index contributed by atoms with van der Waals surface area (Å²) >= 11 is 3.22. The van der Waals surface area contributed by atoms with Crippen LogP contribution in [0, 0.1) is 0 Å². The van der Waals surface area contributed by atoms with Gasteiger partial charge in [-0.15, -0.1) is 0 Å². The third-order valence-corrected chi connectivity index (χ3v) is 2.31. The second kappa shape index (κ2) is 3.71. The van der Waals surface area contributed by atoms with E-state index in [0.29, 0.717) is 12.1 Å². The summed E-state index contributed by atoms with van der Waals surface area (Å²) < 4.78 is 0.719. The molecule has 0 saturated heterocycles. The highest BCUT2D eigenvalue weighted by Crippen LogP contribution is 2.24. The van der Waals surface area contributed by atoms with Crippen molar-refractivity contribution in [2.24, 2.45) is 0 Å². The molecule has 0 fully saturated rings. The van der Waals surface area contributed by atoms with Gasteiger partial charge in [0.2, 0.25) is 0 Å². The van der Waals surface area contributed by atoms with Crippen molar-refractivity contribution >= 4 is 21.9 Å². The molecule has 0 radical (unpaired) electrons. The second-order valence-corrected chi connectivity index (χ2v) is 3.29. The van der Waals surface area contributed by atoms with Crippen molar-refractivity contribution in [3.8, 4) is 0 Å². The summed E-state index contributed by atoms with van der Waals surface area (Å²) in [6, 6.07) is 0. The van der Waals surface area contributed by atoms with Crippen molar-refractivity contribution in [2.75, 3.05) is 0 Å². The molecule has 1 rings (SSSR count). The second-order valence-electron chi connectivity index (χ2n) is 2.43. The van der Waals surface area contributed by atoms with Crippen LogP contribution in [0.3, 0.4) is 0 Å². The predicted molar refractivity (Wildman–Crippen MR) is 47.0 cm³/mol. The largest absolute Gasteiger partial charge is 0.481 e. The molecular formula is C7H9BrN2O2. The van der Waals surface area contributed by atoms with Crippen molar-refractivity contribution in [1.29, 1.82) is 0 Å². The van der Waals surface area contributed by atoms with Gasteiger partial charge in [-0.05, 0) is 22.4 Å². The molecule has 0 aliphatic rings. The molecule has 5 heteroatoms. The Morgan fingerprint density at radius 1 is 1.92 bits per heavy atom. The summed E-state index contributed by atoms with van der Waals surface area (Å²) in [6.07, 6.45) is 2.11. The third kappa shape index (κ3) is 1.66. The number of nitrogens with one attached hydrogen (secondary N) is 1. The minimum atomic E-state index is -0.831. The molecular weight excluding hydrogens is 224 g/mol. The van der Waals surface area contributed by atoms with E-state index in [1.165, 1.54) is 0 Å². The van der Waals surface area contributed by atoms with Gasteiger partial charge in [-0.2, -0.15) is 5.10 Å². The number of aliphatic carboxylic acids is 1. The van der Waals surface area contributed by atoms with Crippen LogP contribution < -0.4 is 0 Å². The summed E-state index contributed by atoms with van der Waals surface area (Å²) in [5, 5.41) is 15.2. The monoisotopic (exact) mass is 232 g/mol. The van der Waals surface area contributed by atoms with E-state index in [1.807, 2.05) is 6.92 Å². The number of nitrogens with zero attached hydrogens (tertiary/aromatic N) is 1. The van der Waals surface area contributed by atoms with Crippen molar-refractivity contribution in [3.05, 3.63) is 16.4 Å². The van der Waals surface area contributed by atoms with Gasteiger partial charge in [-0.3, -0.25) is 9.89 Å². The highest BCUT2D eigenvalue weighted by molar-refractivity contribution is 9.10. The van der Waals surface area contributed by atoms with E-state index in [4.69, 9.17) is 5.11 Å². The zero-order valence-corrected chi connectivity index (χ0v) is 8.13. The van der Waals surface area contributed by atoms with E-state index in [2.05, 4.69) is 26.1 Å². The van der Waals surface area contributed by atoms with Gasteiger partial charge in [-0.1, -0.05) is 6.92 Å². The standard InChI is InChI=1S/C7H9BrN2O2/c1-2-4(7(11)12)6-5(8)3-9-10-6/h3-4H,2H2,1H3,(H,9,10)(H,11,12). The summed E-state index contributed by atoms with van der Waals surface area (Å²) in [4.78, 5) is 10.7. The van der Waals surface area contributed by atoms with Gasteiger partial charge in [0.1, 0.15) is 0 Å².